The Balaban J connectivity index is 1.59. The van der Waals surface area contributed by atoms with E-state index >= 15 is 0 Å². The second kappa shape index (κ2) is 6.12. The first-order chi connectivity index (χ1) is 14.0. The summed E-state index contributed by atoms with van der Waals surface area (Å²) in [7, 11) is 0. The van der Waals surface area contributed by atoms with E-state index < -0.39 is 35.6 Å². The molecule has 8 atom stereocenters. The number of fused-ring (bicyclic) bond motifs is 7. The zero-order valence-electron chi connectivity index (χ0n) is 18.2. The van der Waals surface area contributed by atoms with Gasteiger partial charge in [-0.05, 0) is 63.5 Å². The number of hydrogen-bond acceptors (Lipinski definition) is 6. The van der Waals surface area contributed by atoms with Crippen molar-refractivity contribution >= 4 is 11.6 Å². The summed E-state index contributed by atoms with van der Waals surface area (Å²) in [5.74, 6) is -0.947. The molecule has 4 aliphatic carbocycles. The summed E-state index contributed by atoms with van der Waals surface area (Å²) in [6.07, 6.45) is 7.04. The first-order valence-corrected chi connectivity index (χ1v) is 11.1. The molecule has 2 N–H and O–H groups in total. The van der Waals surface area contributed by atoms with Crippen LogP contribution in [0.4, 0.5) is 0 Å². The average Bonchev–Trinajstić information content (AvgIpc) is 3.07. The number of ether oxygens (including phenoxy) is 2. The lowest BCUT2D eigenvalue weighted by Gasteiger charge is -2.59. The lowest BCUT2D eigenvalue weighted by molar-refractivity contribution is -0.225. The highest BCUT2D eigenvalue weighted by Gasteiger charge is 2.76. The van der Waals surface area contributed by atoms with Gasteiger partial charge >= 0.3 is 0 Å². The van der Waals surface area contributed by atoms with Gasteiger partial charge in [0.2, 0.25) is 0 Å². The van der Waals surface area contributed by atoms with Gasteiger partial charge in [-0.2, -0.15) is 0 Å². The van der Waals surface area contributed by atoms with Crippen LogP contribution >= 0.6 is 0 Å². The van der Waals surface area contributed by atoms with Gasteiger partial charge in [0.15, 0.2) is 23.0 Å². The molecule has 1 saturated heterocycles. The third-order valence-corrected chi connectivity index (χ3v) is 9.05. The summed E-state index contributed by atoms with van der Waals surface area (Å²) in [5, 5.41) is 21.3. The molecule has 0 radical (unpaired) electrons. The number of allylic oxidation sites excluding steroid dienone is 4. The second-order valence-corrected chi connectivity index (χ2v) is 10.9. The summed E-state index contributed by atoms with van der Waals surface area (Å²) >= 11 is 0. The van der Waals surface area contributed by atoms with Crippen molar-refractivity contribution < 1.29 is 29.3 Å². The van der Waals surface area contributed by atoms with Gasteiger partial charge in [-0.1, -0.05) is 25.5 Å². The largest absolute Gasteiger partial charge is 0.393 e. The molecule has 1 heterocycles. The Kier molecular flexibility index (Phi) is 4.20. The lowest BCUT2D eigenvalue weighted by atomic mass is 9.46. The molecule has 0 bridgehead atoms. The van der Waals surface area contributed by atoms with Crippen molar-refractivity contribution in [1.82, 2.24) is 0 Å². The Morgan fingerprint density at radius 1 is 1.27 bits per heavy atom. The molecular formula is C24H32O6. The van der Waals surface area contributed by atoms with E-state index in [9.17, 15) is 19.8 Å². The van der Waals surface area contributed by atoms with Gasteiger partial charge in [0.05, 0.1) is 12.2 Å². The average molecular weight is 417 g/mol. The van der Waals surface area contributed by atoms with E-state index in [0.717, 1.165) is 18.4 Å². The Bertz CT molecular complexity index is 873. The molecular weight excluding hydrogens is 384 g/mol. The highest BCUT2D eigenvalue weighted by Crippen LogP contribution is 2.70. The Morgan fingerprint density at radius 3 is 2.70 bits per heavy atom. The lowest BCUT2D eigenvalue weighted by Crippen LogP contribution is -2.63. The minimum absolute atomic E-state index is 0.0167. The van der Waals surface area contributed by atoms with Crippen molar-refractivity contribution in [1.29, 1.82) is 0 Å². The molecule has 0 aromatic rings. The van der Waals surface area contributed by atoms with Crippen LogP contribution in [0.15, 0.2) is 23.8 Å². The Labute approximate surface area is 177 Å². The van der Waals surface area contributed by atoms with Crippen molar-refractivity contribution in [2.45, 2.75) is 77.0 Å². The van der Waals surface area contributed by atoms with E-state index in [0.29, 0.717) is 12.8 Å². The van der Waals surface area contributed by atoms with E-state index in [-0.39, 0.29) is 34.7 Å². The minimum Gasteiger partial charge on any atom is -0.393 e. The number of ketones is 2. The summed E-state index contributed by atoms with van der Waals surface area (Å²) in [4.78, 5) is 25.1. The minimum atomic E-state index is -1.24. The predicted molar refractivity (Wildman–Crippen MR) is 108 cm³/mol. The van der Waals surface area contributed by atoms with Crippen LogP contribution in [0.3, 0.4) is 0 Å². The van der Waals surface area contributed by atoms with Gasteiger partial charge < -0.3 is 19.7 Å². The fourth-order valence-electron chi connectivity index (χ4n) is 8.04. The maximum absolute atomic E-state index is 13.2. The van der Waals surface area contributed by atoms with Crippen LogP contribution in [0.25, 0.3) is 0 Å². The SMILES string of the molecule is CC1(C)O[C@@H]2C[C@H]3[C@H]4CCC5=CC(=O)C=C[C@]5(C)[C@H]4[C@@H](O)C[C@]3(C)[C@]2(C(=O)CO)O1. The van der Waals surface area contributed by atoms with Crippen LogP contribution in [-0.4, -0.2) is 52.0 Å². The molecule has 30 heavy (non-hydrogen) atoms. The molecule has 0 aromatic heterocycles. The molecule has 6 nitrogen and oxygen atoms in total. The molecule has 164 valence electrons. The smallest absolute Gasteiger partial charge is 0.193 e. The quantitative estimate of drug-likeness (QED) is 0.718. The Hall–Kier alpha value is -1.34. The maximum Gasteiger partial charge on any atom is 0.193 e. The standard InChI is InChI=1S/C24H32O6/c1-21(2)29-19-10-16-15-6-5-13-9-14(26)7-8-22(13,3)20(15)17(27)11-23(16,4)24(19,30-21)18(28)12-25/h7-9,15-17,19-20,25,27H,5-6,10-12H2,1-4H3/t15-,16+,17+,19-,20-,22+,23+,24-/m1/s1. The molecule has 0 amide bonds. The van der Waals surface area contributed by atoms with Crippen molar-refractivity contribution in [2.24, 2.45) is 28.6 Å². The Morgan fingerprint density at radius 2 is 2.00 bits per heavy atom. The molecule has 3 saturated carbocycles. The molecule has 0 spiro atoms. The van der Waals surface area contributed by atoms with Gasteiger partial charge in [-0.25, -0.2) is 0 Å². The van der Waals surface area contributed by atoms with Crippen LogP contribution in [0, 0.1) is 28.6 Å². The third kappa shape index (κ3) is 2.34. The molecule has 5 rings (SSSR count). The van der Waals surface area contributed by atoms with Crippen molar-refractivity contribution in [3.05, 3.63) is 23.8 Å². The highest BCUT2D eigenvalue weighted by atomic mass is 16.8. The summed E-state index contributed by atoms with van der Waals surface area (Å²) < 4.78 is 12.6. The van der Waals surface area contributed by atoms with E-state index in [4.69, 9.17) is 9.47 Å². The summed E-state index contributed by atoms with van der Waals surface area (Å²) in [6.45, 7) is 7.19. The first kappa shape index (κ1) is 20.6. The number of Topliss-reactive ketones (excluding diaryl/α,β-unsaturated/α-hetero) is 1. The van der Waals surface area contributed by atoms with Crippen LogP contribution in [-0.2, 0) is 19.1 Å². The van der Waals surface area contributed by atoms with Gasteiger partial charge in [0, 0.05) is 16.7 Å². The van der Waals surface area contributed by atoms with E-state index in [2.05, 4.69) is 6.92 Å². The van der Waals surface area contributed by atoms with Crippen molar-refractivity contribution in [3.8, 4) is 0 Å². The number of rotatable bonds is 2. The fourth-order valence-corrected chi connectivity index (χ4v) is 8.04. The summed E-state index contributed by atoms with van der Waals surface area (Å²) in [6, 6.07) is 0. The van der Waals surface area contributed by atoms with E-state index in [1.807, 2.05) is 13.0 Å². The van der Waals surface area contributed by atoms with Gasteiger partial charge in [0.1, 0.15) is 6.61 Å². The van der Waals surface area contributed by atoms with Gasteiger partial charge in [-0.3, -0.25) is 9.59 Å². The number of hydrogen-bond donors (Lipinski definition) is 2. The topological polar surface area (TPSA) is 93.1 Å². The number of aliphatic hydroxyl groups is 2. The van der Waals surface area contributed by atoms with Crippen molar-refractivity contribution in [2.75, 3.05) is 6.61 Å². The third-order valence-electron chi connectivity index (χ3n) is 9.05. The summed E-state index contributed by atoms with van der Waals surface area (Å²) in [5.41, 5.74) is -1.12. The van der Waals surface area contributed by atoms with Crippen LogP contribution in [0.5, 0.6) is 0 Å². The second-order valence-electron chi connectivity index (χ2n) is 10.9. The normalized spacial score (nSPS) is 50.9. The first-order valence-electron chi connectivity index (χ1n) is 11.1. The predicted octanol–water partition coefficient (Wildman–Crippen LogP) is 2.33. The molecule has 0 unspecified atom stereocenters. The fraction of sp³-hybridized carbons (Fsp3) is 0.750. The maximum atomic E-state index is 13.2. The van der Waals surface area contributed by atoms with E-state index in [1.165, 1.54) is 0 Å². The molecule has 6 heteroatoms. The van der Waals surface area contributed by atoms with Crippen molar-refractivity contribution in [3.63, 3.8) is 0 Å². The monoisotopic (exact) mass is 416 g/mol. The number of aliphatic hydroxyl groups excluding tert-OH is 2. The van der Waals surface area contributed by atoms with Gasteiger partial charge in [-0.15, -0.1) is 0 Å². The zero-order valence-corrected chi connectivity index (χ0v) is 18.2. The number of carbonyl (C=O) groups is 2. The molecule has 1 aliphatic heterocycles. The molecule has 5 aliphatic rings. The van der Waals surface area contributed by atoms with Crippen LogP contribution in [0.1, 0.15) is 53.4 Å². The van der Waals surface area contributed by atoms with Gasteiger partial charge in [0.25, 0.3) is 0 Å². The van der Waals surface area contributed by atoms with E-state index in [1.54, 1.807) is 26.0 Å². The zero-order chi connectivity index (χ0) is 21.7. The molecule has 4 fully saturated rings. The van der Waals surface area contributed by atoms with Crippen LogP contribution < -0.4 is 0 Å². The highest BCUT2D eigenvalue weighted by molar-refractivity contribution is 6.01. The number of carbonyl (C=O) groups excluding carboxylic acids is 2. The molecule has 0 aromatic carbocycles. The van der Waals surface area contributed by atoms with Crippen LogP contribution in [0.2, 0.25) is 0 Å².